The Bertz CT molecular complexity index is 539. The van der Waals surface area contributed by atoms with E-state index in [-0.39, 0.29) is 11.8 Å². The number of carbonyl (C=O) groups excluding carboxylic acids is 2. The van der Waals surface area contributed by atoms with Crippen molar-refractivity contribution in [2.24, 2.45) is 5.92 Å². The molecule has 0 spiro atoms. The number of carbonyl (C=O) groups is 2. The number of piperidine rings is 1. The molecule has 0 aromatic heterocycles. The third-order valence-corrected chi connectivity index (χ3v) is 3.72. The van der Waals surface area contributed by atoms with Crippen LogP contribution in [-0.2, 0) is 0 Å². The summed E-state index contributed by atoms with van der Waals surface area (Å²) in [5.41, 5.74) is 1.09. The maximum atomic E-state index is 12.5. The van der Waals surface area contributed by atoms with Crippen LogP contribution in [0, 0.1) is 5.92 Å². The molecule has 112 valence electrons. The van der Waals surface area contributed by atoms with Crippen molar-refractivity contribution in [2.75, 3.05) is 19.6 Å². The highest BCUT2D eigenvalue weighted by atomic mass is 16.2. The molecule has 4 nitrogen and oxygen atoms in total. The second-order valence-corrected chi connectivity index (χ2v) is 5.58. The standard InChI is InChI=1S/C17H22N2O2/c1-3-9-18-16(20)14-7-4-8-15(11-14)17(21)19-10-5-6-13(2)12-19/h3-4,7-8,11,13H,1,5-6,9-10,12H2,2H3,(H,18,20). The lowest BCUT2D eigenvalue weighted by Gasteiger charge is -2.31. The predicted molar refractivity (Wildman–Crippen MR) is 83.3 cm³/mol. The SMILES string of the molecule is C=CCNC(=O)c1cccc(C(=O)N2CCCC(C)C2)c1. The average molecular weight is 286 g/mol. The zero-order valence-electron chi connectivity index (χ0n) is 12.5. The Morgan fingerprint density at radius 3 is 2.90 bits per heavy atom. The van der Waals surface area contributed by atoms with Gasteiger partial charge in [0.1, 0.15) is 0 Å². The summed E-state index contributed by atoms with van der Waals surface area (Å²) in [5.74, 6) is 0.373. The van der Waals surface area contributed by atoms with Gasteiger partial charge in [-0.3, -0.25) is 9.59 Å². The molecule has 1 unspecified atom stereocenters. The number of nitrogens with zero attached hydrogens (tertiary/aromatic N) is 1. The van der Waals surface area contributed by atoms with Gasteiger partial charge in [-0.2, -0.15) is 0 Å². The van der Waals surface area contributed by atoms with Crippen molar-refractivity contribution in [1.82, 2.24) is 10.2 Å². The van der Waals surface area contributed by atoms with Crippen LogP contribution in [-0.4, -0.2) is 36.3 Å². The van der Waals surface area contributed by atoms with Crippen LogP contribution in [0.2, 0.25) is 0 Å². The third kappa shape index (κ3) is 3.94. The van der Waals surface area contributed by atoms with Crippen LogP contribution >= 0.6 is 0 Å². The molecule has 2 amide bonds. The maximum Gasteiger partial charge on any atom is 0.253 e. The fourth-order valence-corrected chi connectivity index (χ4v) is 2.62. The lowest BCUT2D eigenvalue weighted by atomic mass is 9.99. The molecule has 1 aliphatic heterocycles. The summed E-state index contributed by atoms with van der Waals surface area (Å²) < 4.78 is 0. The lowest BCUT2D eigenvalue weighted by Crippen LogP contribution is -2.39. The summed E-state index contributed by atoms with van der Waals surface area (Å²) >= 11 is 0. The zero-order valence-corrected chi connectivity index (χ0v) is 12.5. The number of amides is 2. The molecule has 1 saturated heterocycles. The Balaban J connectivity index is 2.11. The van der Waals surface area contributed by atoms with Gasteiger partial charge >= 0.3 is 0 Å². The minimum atomic E-state index is -0.184. The van der Waals surface area contributed by atoms with E-state index in [4.69, 9.17) is 0 Å². The van der Waals surface area contributed by atoms with Gasteiger partial charge in [-0.1, -0.05) is 19.1 Å². The van der Waals surface area contributed by atoms with E-state index in [1.54, 1.807) is 30.3 Å². The van der Waals surface area contributed by atoms with Gasteiger partial charge in [0.25, 0.3) is 11.8 Å². The van der Waals surface area contributed by atoms with Crippen molar-refractivity contribution < 1.29 is 9.59 Å². The predicted octanol–water partition coefficient (Wildman–Crippen LogP) is 2.47. The first-order valence-corrected chi connectivity index (χ1v) is 7.40. The Morgan fingerprint density at radius 2 is 2.19 bits per heavy atom. The Morgan fingerprint density at radius 1 is 1.43 bits per heavy atom. The molecular formula is C17H22N2O2. The first-order chi connectivity index (χ1) is 10.1. The smallest absolute Gasteiger partial charge is 0.253 e. The molecule has 0 aliphatic carbocycles. The van der Waals surface area contributed by atoms with Gasteiger partial charge < -0.3 is 10.2 Å². The molecule has 1 aliphatic rings. The van der Waals surface area contributed by atoms with Crippen LogP contribution in [0.4, 0.5) is 0 Å². The number of likely N-dealkylation sites (tertiary alicyclic amines) is 1. The summed E-state index contributed by atoms with van der Waals surface area (Å²) in [6, 6.07) is 6.91. The Labute approximate surface area is 125 Å². The quantitative estimate of drug-likeness (QED) is 0.864. The topological polar surface area (TPSA) is 49.4 Å². The van der Waals surface area contributed by atoms with Gasteiger partial charge in [0.2, 0.25) is 0 Å². The van der Waals surface area contributed by atoms with Crippen LogP contribution in [0.15, 0.2) is 36.9 Å². The molecule has 1 aromatic rings. The first kappa shape index (κ1) is 15.3. The summed E-state index contributed by atoms with van der Waals surface area (Å²) in [6.07, 6.45) is 3.85. The molecular weight excluding hydrogens is 264 g/mol. The van der Waals surface area contributed by atoms with Crippen LogP contribution in [0.1, 0.15) is 40.5 Å². The van der Waals surface area contributed by atoms with Crippen molar-refractivity contribution in [3.63, 3.8) is 0 Å². The van der Waals surface area contributed by atoms with Gasteiger partial charge in [0, 0.05) is 30.8 Å². The molecule has 4 heteroatoms. The Kier molecular flexibility index (Phi) is 5.14. The fourth-order valence-electron chi connectivity index (χ4n) is 2.62. The zero-order chi connectivity index (χ0) is 15.2. The van der Waals surface area contributed by atoms with Gasteiger partial charge in [0.05, 0.1) is 0 Å². The van der Waals surface area contributed by atoms with Gasteiger partial charge in [0.15, 0.2) is 0 Å². The van der Waals surface area contributed by atoms with E-state index in [1.165, 1.54) is 6.42 Å². The average Bonchev–Trinajstić information content (AvgIpc) is 2.52. The van der Waals surface area contributed by atoms with E-state index in [0.717, 1.165) is 19.5 Å². The molecule has 1 fully saturated rings. The van der Waals surface area contributed by atoms with Crippen LogP contribution in [0.25, 0.3) is 0 Å². The number of benzene rings is 1. The monoisotopic (exact) mass is 286 g/mol. The van der Waals surface area contributed by atoms with E-state index in [9.17, 15) is 9.59 Å². The highest BCUT2D eigenvalue weighted by Crippen LogP contribution is 2.18. The van der Waals surface area contributed by atoms with E-state index < -0.39 is 0 Å². The number of hydrogen-bond acceptors (Lipinski definition) is 2. The minimum absolute atomic E-state index is 0.0138. The fraction of sp³-hybridized carbons (Fsp3) is 0.412. The van der Waals surface area contributed by atoms with Crippen LogP contribution in [0.3, 0.4) is 0 Å². The maximum absolute atomic E-state index is 12.5. The molecule has 21 heavy (non-hydrogen) atoms. The number of nitrogens with one attached hydrogen (secondary N) is 1. The highest BCUT2D eigenvalue weighted by Gasteiger charge is 2.22. The lowest BCUT2D eigenvalue weighted by molar-refractivity contribution is 0.0683. The molecule has 0 radical (unpaired) electrons. The van der Waals surface area contributed by atoms with Crippen LogP contribution in [0.5, 0.6) is 0 Å². The minimum Gasteiger partial charge on any atom is -0.349 e. The normalized spacial score (nSPS) is 18.1. The Hall–Kier alpha value is -2.10. The second-order valence-electron chi connectivity index (χ2n) is 5.58. The highest BCUT2D eigenvalue weighted by molar-refractivity contribution is 5.99. The molecule has 1 atom stereocenters. The molecule has 0 saturated carbocycles. The van der Waals surface area contributed by atoms with Crippen LogP contribution < -0.4 is 5.32 Å². The third-order valence-electron chi connectivity index (χ3n) is 3.72. The van der Waals surface area contributed by atoms with E-state index >= 15 is 0 Å². The largest absolute Gasteiger partial charge is 0.349 e. The first-order valence-electron chi connectivity index (χ1n) is 7.40. The molecule has 1 aromatic carbocycles. The van der Waals surface area contributed by atoms with Crippen molar-refractivity contribution in [1.29, 1.82) is 0 Å². The van der Waals surface area contributed by atoms with E-state index in [2.05, 4.69) is 18.8 Å². The number of rotatable bonds is 4. The molecule has 2 rings (SSSR count). The van der Waals surface area contributed by atoms with E-state index in [1.807, 2.05) is 4.90 Å². The summed E-state index contributed by atoms with van der Waals surface area (Å²) in [7, 11) is 0. The molecule has 1 heterocycles. The van der Waals surface area contributed by atoms with Gasteiger partial charge in [-0.25, -0.2) is 0 Å². The van der Waals surface area contributed by atoms with Crippen molar-refractivity contribution >= 4 is 11.8 Å². The van der Waals surface area contributed by atoms with Crippen molar-refractivity contribution in [3.05, 3.63) is 48.0 Å². The summed E-state index contributed by atoms with van der Waals surface area (Å²) in [6.45, 7) is 7.75. The number of hydrogen-bond donors (Lipinski definition) is 1. The van der Waals surface area contributed by atoms with Crippen molar-refractivity contribution in [3.8, 4) is 0 Å². The van der Waals surface area contributed by atoms with E-state index in [0.29, 0.717) is 23.6 Å². The summed E-state index contributed by atoms with van der Waals surface area (Å²) in [5, 5.41) is 2.72. The molecule has 1 N–H and O–H groups in total. The van der Waals surface area contributed by atoms with Gasteiger partial charge in [-0.05, 0) is 37.0 Å². The summed E-state index contributed by atoms with van der Waals surface area (Å²) in [4.78, 5) is 26.3. The second kappa shape index (κ2) is 7.07. The van der Waals surface area contributed by atoms with Gasteiger partial charge in [-0.15, -0.1) is 6.58 Å². The van der Waals surface area contributed by atoms with Crippen molar-refractivity contribution in [2.45, 2.75) is 19.8 Å². The molecule has 0 bridgehead atoms.